The maximum Gasteiger partial charge on any atom is 0.264 e. The molecule has 4 heterocycles. The molecular weight excluding hydrogens is 572 g/mol. The van der Waals surface area contributed by atoms with E-state index in [1.54, 1.807) is 26.0 Å². The molecule has 0 amide bonds. The standard InChI is InChI=1S/C24H36N12O3S.ClH/c1-13-14(2)33-39-21(13)34-40(37,38)20-5-3-19(4-6-20)29-22-30-23(35-9-15(25)7-16(26)10-35)32-24(31-22)36-11-17(27)8-18(28)12-36;/h3-6,15-18,34H,7-12,25-28H2,1-2H3,(H,29,30,31,32);1H/t15-,16+,17-,18+;. The van der Waals surface area contributed by atoms with E-state index in [4.69, 9.17) is 32.4 Å². The second kappa shape index (κ2) is 12.3. The minimum atomic E-state index is -3.89. The van der Waals surface area contributed by atoms with Gasteiger partial charge in [-0.2, -0.15) is 15.0 Å². The van der Waals surface area contributed by atoms with E-state index in [2.05, 4.69) is 25.2 Å². The van der Waals surface area contributed by atoms with Crippen LogP contribution in [0.5, 0.6) is 0 Å². The SMILES string of the molecule is Cc1noc(NS(=O)(=O)c2ccc(Nc3nc(N4C[C@H](N)C[C@H](N)C4)nc(N4C[C@H](N)C[C@H](N)C4)n3)cc2)c1C.Cl. The molecule has 2 aliphatic rings. The van der Waals surface area contributed by atoms with Crippen LogP contribution in [0.3, 0.4) is 0 Å². The molecule has 0 saturated carbocycles. The Hall–Kier alpha value is -3.28. The number of sulfonamides is 1. The number of aryl methyl sites for hydroxylation is 1. The predicted molar refractivity (Wildman–Crippen MR) is 159 cm³/mol. The number of nitrogens with one attached hydrogen (secondary N) is 2. The summed E-state index contributed by atoms with van der Waals surface area (Å²) in [6, 6.07) is 5.75. The maximum absolute atomic E-state index is 12.9. The molecule has 15 nitrogen and oxygen atoms in total. The van der Waals surface area contributed by atoms with Gasteiger partial charge in [-0.1, -0.05) is 5.16 Å². The molecule has 0 bridgehead atoms. The van der Waals surface area contributed by atoms with Gasteiger partial charge in [0, 0.05) is 61.6 Å². The molecule has 1 aromatic carbocycles. The van der Waals surface area contributed by atoms with Crippen molar-refractivity contribution in [2.24, 2.45) is 22.9 Å². The lowest BCUT2D eigenvalue weighted by Crippen LogP contribution is -2.54. The Morgan fingerprint density at radius 3 is 1.76 bits per heavy atom. The van der Waals surface area contributed by atoms with E-state index in [0.717, 1.165) is 12.8 Å². The highest BCUT2D eigenvalue weighted by molar-refractivity contribution is 7.92. The number of nitrogens with two attached hydrogens (primary N) is 4. The van der Waals surface area contributed by atoms with Gasteiger partial charge < -0.3 is 42.6 Å². The van der Waals surface area contributed by atoms with Crippen LogP contribution in [0.15, 0.2) is 33.7 Å². The van der Waals surface area contributed by atoms with Crippen LogP contribution in [-0.2, 0) is 10.0 Å². The zero-order valence-electron chi connectivity index (χ0n) is 22.9. The van der Waals surface area contributed by atoms with Crippen LogP contribution in [0, 0.1) is 13.8 Å². The Morgan fingerprint density at radius 1 is 0.829 bits per heavy atom. The van der Waals surface area contributed by atoms with Crippen molar-refractivity contribution < 1.29 is 12.9 Å². The first-order chi connectivity index (χ1) is 19.0. The smallest absolute Gasteiger partial charge is 0.264 e. The van der Waals surface area contributed by atoms with Gasteiger partial charge in [0.15, 0.2) is 0 Å². The molecule has 0 aliphatic carbocycles. The number of aromatic nitrogens is 4. The first kappa shape index (κ1) is 30.7. The normalized spacial score (nSPS) is 23.2. The summed E-state index contributed by atoms with van der Waals surface area (Å²) < 4.78 is 33.3. The molecule has 5 rings (SSSR count). The highest BCUT2D eigenvalue weighted by Crippen LogP contribution is 2.26. The number of hydrogen-bond donors (Lipinski definition) is 6. The van der Waals surface area contributed by atoms with Crippen molar-refractivity contribution in [2.45, 2.75) is 55.8 Å². The van der Waals surface area contributed by atoms with Crippen molar-refractivity contribution in [3.05, 3.63) is 35.5 Å². The monoisotopic (exact) mass is 608 g/mol. The molecule has 224 valence electrons. The van der Waals surface area contributed by atoms with Crippen molar-refractivity contribution in [3.63, 3.8) is 0 Å². The van der Waals surface area contributed by atoms with Crippen LogP contribution in [0.4, 0.5) is 29.4 Å². The Kier molecular flexibility index (Phi) is 9.20. The van der Waals surface area contributed by atoms with E-state index in [9.17, 15) is 8.42 Å². The molecule has 2 aliphatic heterocycles. The maximum atomic E-state index is 12.9. The lowest BCUT2D eigenvalue weighted by Gasteiger charge is -2.37. The molecule has 41 heavy (non-hydrogen) atoms. The summed E-state index contributed by atoms with van der Waals surface area (Å²) in [4.78, 5) is 17.9. The fourth-order valence-electron chi connectivity index (χ4n) is 4.91. The molecule has 0 unspecified atom stereocenters. The number of halogens is 1. The largest absolute Gasteiger partial charge is 0.338 e. The second-order valence-electron chi connectivity index (χ2n) is 10.6. The summed E-state index contributed by atoms with van der Waals surface area (Å²) in [5.41, 5.74) is 26.7. The average Bonchev–Trinajstić information content (AvgIpc) is 3.19. The third kappa shape index (κ3) is 7.14. The molecule has 17 heteroatoms. The summed E-state index contributed by atoms with van der Waals surface area (Å²) in [7, 11) is -3.89. The Balaban J connectivity index is 0.00000387. The number of piperidine rings is 2. The van der Waals surface area contributed by atoms with Crippen LogP contribution in [0.25, 0.3) is 0 Å². The minimum Gasteiger partial charge on any atom is -0.338 e. The van der Waals surface area contributed by atoms with Gasteiger partial charge in [0.05, 0.1) is 10.6 Å². The van der Waals surface area contributed by atoms with Crippen molar-refractivity contribution in [2.75, 3.05) is 46.0 Å². The predicted octanol–water partition coefficient (Wildman–Crippen LogP) is 0.172. The summed E-state index contributed by atoms with van der Waals surface area (Å²) in [5, 5.41) is 6.95. The highest BCUT2D eigenvalue weighted by Gasteiger charge is 2.29. The summed E-state index contributed by atoms with van der Waals surface area (Å²) in [6.07, 6.45) is 1.43. The quantitative estimate of drug-likeness (QED) is 0.210. The molecule has 3 aromatic rings. The van der Waals surface area contributed by atoms with Crippen molar-refractivity contribution in [1.82, 2.24) is 20.1 Å². The first-order valence-corrected chi connectivity index (χ1v) is 14.6. The van der Waals surface area contributed by atoms with Gasteiger partial charge in [0.2, 0.25) is 23.7 Å². The van der Waals surface area contributed by atoms with E-state index >= 15 is 0 Å². The van der Waals surface area contributed by atoms with Crippen LogP contribution in [0.2, 0.25) is 0 Å². The first-order valence-electron chi connectivity index (χ1n) is 13.1. The molecular formula is C24H37ClN12O3S. The number of hydrogen-bond acceptors (Lipinski definition) is 14. The molecule has 2 saturated heterocycles. The zero-order valence-corrected chi connectivity index (χ0v) is 24.5. The third-order valence-corrected chi connectivity index (χ3v) is 8.36. The van der Waals surface area contributed by atoms with Crippen LogP contribution in [-0.4, -0.2) is 78.9 Å². The molecule has 0 radical (unpaired) electrons. The van der Waals surface area contributed by atoms with Gasteiger partial charge in [-0.25, -0.2) is 13.1 Å². The number of benzene rings is 1. The molecule has 2 fully saturated rings. The van der Waals surface area contributed by atoms with Crippen LogP contribution in [0.1, 0.15) is 24.1 Å². The molecule has 10 N–H and O–H groups in total. The zero-order chi connectivity index (χ0) is 28.6. The van der Waals surface area contributed by atoms with Crippen molar-refractivity contribution >= 4 is 51.8 Å². The lowest BCUT2D eigenvalue weighted by atomic mass is 10.0. The van der Waals surface area contributed by atoms with Gasteiger partial charge in [-0.05, 0) is 51.0 Å². The van der Waals surface area contributed by atoms with Gasteiger partial charge in [-0.15, -0.1) is 12.4 Å². The van der Waals surface area contributed by atoms with E-state index in [-0.39, 0.29) is 53.3 Å². The fraction of sp³-hybridized carbons (Fsp3) is 0.500. The van der Waals surface area contributed by atoms with E-state index in [1.807, 2.05) is 9.80 Å². The summed E-state index contributed by atoms with van der Waals surface area (Å²) in [6.45, 7) is 5.68. The summed E-state index contributed by atoms with van der Waals surface area (Å²) >= 11 is 0. The molecule has 0 spiro atoms. The fourth-order valence-corrected chi connectivity index (χ4v) is 5.96. The van der Waals surface area contributed by atoms with Crippen molar-refractivity contribution in [1.29, 1.82) is 0 Å². The summed E-state index contributed by atoms with van der Waals surface area (Å²) in [5.74, 6) is 1.24. The topological polar surface area (TPSA) is 233 Å². The van der Waals surface area contributed by atoms with E-state index in [0.29, 0.717) is 55.0 Å². The average molecular weight is 609 g/mol. The van der Waals surface area contributed by atoms with Gasteiger partial charge in [0.1, 0.15) is 0 Å². The molecule has 4 atom stereocenters. The second-order valence-corrected chi connectivity index (χ2v) is 12.2. The van der Waals surface area contributed by atoms with Crippen LogP contribution < -0.4 is 42.8 Å². The Morgan fingerprint density at radius 2 is 1.32 bits per heavy atom. The highest BCUT2D eigenvalue weighted by atomic mass is 35.5. The number of rotatable bonds is 7. The lowest BCUT2D eigenvalue weighted by molar-refractivity contribution is 0.430. The Labute approximate surface area is 244 Å². The van der Waals surface area contributed by atoms with Crippen LogP contribution >= 0.6 is 12.4 Å². The van der Waals surface area contributed by atoms with Gasteiger partial charge in [0.25, 0.3) is 10.0 Å². The van der Waals surface area contributed by atoms with Crippen molar-refractivity contribution in [3.8, 4) is 0 Å². The minimum absolute atomic E-state index is 0. The molecule has 2 aromatic heterocycles. The van der Waals surface area contributed by atoms with Gasteiger partial charge >= 0.3 is 0 Å². The van der Waals surface area contributed by atoms with Gasteiger partial charge in [-0.3, -0.25) is 0 Å². The number of nitrogens with zero attached hydrogens (tertiary/aromatic N) is 6. The van der Waals surface area contributed by atoms with E-state index in [1.165, 1.54) is 12.1 Å². The van der Waals surface area contributed by atoms with E-state index < -0.39 is 10.0 Å². The Bertz CT molecular complexity index is 1390. The number of anilines is 5. The third-order valence-electron chi connectivity index (χ3n) is 7.01.